The topological polar surface area (TPSA) is 40.5 Å². The van der Waals surface area contributed by atoms with Crippen LogP contribution in [0.1, 0.15) is 52.7 Å². The van der Waals surface area contributed by atoms with Gasteiger partial charge >= 0.3 is 0 Å². The minimum absolute atomic E-state index is 0.0284. The maximum Gasteiger partial charge on any atom is 0.115 e. The van der Waals surface area contributed by atoms with Gasteiger partial charge in [-0.25, -0.2) is 0 Å². The van der Waals surface area contributed by atoms with Crippen molar-refractivity contribution in [3.8, 4) is 33.8 Å². The third-order valence-corrected chi connectivity index (χ3v) is 9.79. The van der Waals surface area contributed by atoms with Crippen LogP contribution in [0, 0.1) is 0 Å². The summed E-state index contributed by atoms with van der Waals surface area (Å²) in [6, 6.07) is 38.6. The fourth-order valence-electron chi connectivity index (χ4n) is 7.21. The number of fused-ring (bicyclic) bond motifs is 3. The molecule has 0 radical (unpaired) electrons. The standard InChI is InChI=1S/C44H38O2/c1-43(2,3)32-12-7-27-21-38-29(17-28(27)18-32)22-39-36(25-8-13-34(45)14-9-25)23-30-19-33(44(4,5)6)20-31-24-37(41(38)42(39)40(30)31)26-10-15-35(46)16-11-26/h7-24,45-46H,1-6H3. The number of hydrogen-bond donors (Lipinski definition) is 2. The Morgan fingerprint density at radius 1 is 0.370 bits per heavy atom. The van der Waals surface area contributed by atoms with Crippen LogP contribution in [0.4, 0.5) is 0 Å². The monoisotopic (exact) mass is 598 g/mol. The lowest BCUT2D eigenvalue weighted by atomic mass is 9.79. The minimum Gasteiger partial charge on any atom is -0.508 e. The van der Waals surface area contributed by atoms with E-state index in [2.05, 4.69) is 102 Å². The van der Waals surface area contributed by atoms with Crippen LogP contribution in [-0.4, -0.2) is 10.2 Å². The van der Waals surface area contributed by atoms with Gasteiger partial charge in [-0.3, -0.25) is 0 Å². The highest BCUT2D eigenvalue weighted by molar-refractivity contribution is 6.35. The van der Waals surface area contributed by atoms with Gasteiger partial charge < -0.3 is 10.2 Å². The summed E-state index contributed by atoms with van der Waals surface area (Å²) < 4.78 is 0. The molecular formula is C44H38O2. The molecule has 0 unspecified atom stereocenters. The van der Waals surface area contributed by atoms with E-state index in [0.717, 1.165) is 22.3 Å². The molecule has 0 saturated heterocycles. The van der Waals surface area contributed by atoms with E-state index >= 15 is 0 Å². The van der Waals surface area contributed by atoms with Crippen LogP contribution in [0.25, 0.3) is 76.1 Å². The molecule has 8 aromatic rings. The molecular weight excluding hydrogens is 560 g/mol. The van der Waals surface area contributed by atoms with E-state index in [9.17, 15) is 10.2 Å². The van der Waals surface area contributed by atoms with Gasteiger partial charge in [0.1, 0.15) is 11.5 Å². The Labute approximate surface area is 269 Å². The molecule has 0 heterocycles. The van der Waals surface area contributed by atoms with Crippen molar-refractivity contribution in [1.82, 2.24) is 0 Å². The second-order valence-electron chi connectivity index (χ2n) is 15.0. The van der Waals surface area contributed by atoms with Crippen molar-refractivity contribution >= 4 is 53.9 Å². The molecule has 0 spiro atoms. The van der Waals surface area contributed by atoms with Gasteiger partial charge in [0.05, 0.1) is 0 Å². The zero-order valence-corrected chi connectivity index (χ0v) is 27.3. The van der Waals surface area contributed by atoms with Crippen LogP contribution in [0.5, 0.6) is 11.5 Å². The lowest BCUT2D eigenvalue weighted by Gasteiger charge is -2.24. The third-order valence-electron chi connectivity index (χ3n) is 9.79. The molecule has 0 bridgehead atoms. The van der Waals surface area contributed by atoms with Crippen LogP contribution in [0.2, 0.25) is 0 Å². The molecule has 0 saturated carbocycles. The van der Waals surface area contributed by atoms with Crippen molar-refractivity contribution in [2.45, 2.75) is 52.4 Å². The number of phenols is 2. The maximum absolute atomic E-state index is 10.2. The fourth-order valence-corrected chi connectivity index (χ4v) is 7.21. The Morgan fingerprint density at radius 2 is 0.891 bits per heavy atom. The molecule has 2 N–H and O–H groups in total. The summed E-state index contributed by atoms with van der Waals surface area (Å²) in [5.74, 6) is 0.521. The van der Waals surface area contributed by atoms with Gasteiger partial charge in [-0.1, -0.05) is 96.1 Å². The zero-order valence-electron chi connectivity index (χ0n) is 27.3. The second-order valence-corrected chi connectivity index (χ2v) is 15.0. The van der Waals surface area contributed by atoms with Crippen molar-refractivity contribution in [2.75, 3.05) is 0 Å². The molecule has 0 aliphatic heterocycles. The number of hydrogen-bond acceptors (Lipinski definition) is 2. The van der Waals surface area contributed by atoms with Crippen molar-refractivity contribution in [1.29, 1.82) is 0 Å². The van der Waals surface area contributed by atoms with Crippen molar-refractivity contribution in [3.63, 3.8) is 0 Å². The summed E-state index contributed by atoms with van der Waals surface area (Å²) in [5.41, 5.74) is 7.09. The average Bonchev–Trinajstić information content (AvgIpc) is 3.01. The van der Waals surface area contributed by atoms with Crippen LogP contribution in [0.3, 0.4) is 0 Å². The molecule has 0 aliphatic rings. The second kappa shape index (κ2) is 9.71. The van der Waals surface area contributed by atoms with E-state index in [-0.39, 0.29) is 22.3 Å². The van der Waals surface area contributed by atoms with E-state index in [1.165, 1.54) is 65.0 Å². The fraction of sp³-hybridized carbons (Fsp3) is 0.182. The van der Waals surface area contributed by atoms with E-state index in [1.54, 1.807) is 24.3 Å². The van der Waals surface area contributed by atoms with Crippen molar-refractivity contribution in [2.24, 2.45) is 0 Å². The summed E-state index contributed by atoms with van der Waals surface area (Å²) >= 11 is 0. The molecule has 2 nitrogen and oxygen atoms in total. The summed E-state index contributed by atoms with van der Waals surface area (Å²) in [5, 5.41) is 32.7. The highest BCUT2D eigenvalue weighted by atomic mass is 16.3. The van der Waals surface area contributed by atoms with Crippen molar-refractivity contribution in [3.05, 3.63) is 120 Å². The molecule has 0 atom stereocenters. The van der Waals surface area contributed by atoms with E-state index in [0.29, 0.717) is 0 Å². The third kappa shape index (κ3) is 4.47. The first kappa shape index (κ1) is 28.4. The number of phenolic OH excluding ortho intramolecular Hbond substituents is 2. The predicted octanol–water partition coefficient (Wildman–Crippen LogP) is 12.2. The number of rotatable bonds is 2. The lowest BCUT2D eigenvalue weighted by molar-refractivity contribution is 0.475. The Bertz CT molecular complexity index is 2450. The van der Waals surface area contributed by atoms with Gasteiger partial charge in [-0.15, -0.1) is 0 Å². The van der Waals surface area contributed by atoms with Gasteiger partial charge in [-0.2, -0.15) is 0 Å². The minimum atomic E-state index is -0.0284. The quantitative estimate of drug-likeness (QED) is 0.153. The Balaban J connectivity index is 1.62. The van der Waals surface area contributed by atoms with Crippen LogP contribution < -0.4 is 0 Å². The molecule has 0 aliphatic carbocycles. The SMILES string of the molecule is CC(C)(C)c1ccc2cc3c(cc2c1)cc1c(-c2ccc(O)cc2)cc2cc(C(C)(C)C)cc4cc(-c5ccc(O)cc5)c3c1c24. The highest BCUT2D eigenvalue weighted by Crippen LogP contribution is 2.49. The first-order valence-corrected chi connectivity index (χ1v) is 16.1. The molecule has 226 valence electrons. The summed E-state index contributed by atoms with van der Waals surface area (Å²) in [6.45, 7) is 13.6. The van der Waals surface area contributed by atoms with Crippen LogP contribution >= 0.6 is 0 Å². The van der Waals surface area contributed by atoms with Gasteiger partial charge in [0.25, 0.3) is 0 Å². The Morgan fingerprint density at radius 3 is 1.48 bits per heavy atom. The molecule has 0 amide bonds. The first-order valence-electron chi connectivity index (χ1n) is 16.1. The summed E-state index contributed by atoms with van der Waals surface area (Å²) in [4.78, 5) is 0. The zero-order chi connectivity index (χ0) is 32.1. The highest BCUT2D eigenvalue weighted by Gasteiger charge is 2.23. The molecule has 8 rings (SSSR count). The van der Waals surface area contributed by atoms with Gasteiger partial charge in [-0.05, 0) is 153 Å². The van der Waals surface area contributed by atoms with Crippen LogP contribution in [-0.2, 0) is 10.8 Å². The Kier molecular flexibility index (Phi) is 5.99. The van der Waals surface area contributed by atoms with Crippen LogP contribution in [0.15, 0.2) is 109 Å². The normalized spacial score (nSPS) is 12.7. The summed E-state index contributed by atoms with van der Waals surface area (Å²) in [6.07, 6.45) is 0. The molecule has 8 aromatic carbocycles. The van der Waals surface area contributed by atoms with E-state index in [1.807, 2.05) is 24.3 Å². The lowest BCUT2D eigenvalue weighted by Crippen LogP contribution is -2.11. The molecule has 0 fully saturated rings. The molecule has 46 heavy (non-hydrogen) atoms. The molecule has 0 aromatic heterocycles. The Hall–Kier alpha value is -5.08. The smallest absolute Gasteiger partial charge is 0.115 e. The maximum atomic E-state index is 10.2. The van der Waals surface area contributed by atoms with Crippen molar-refractivity contribution < 1.29 is 10.2 Å². The van der Waals surface area contributed by atoms with Gasteiger partial charge in [0.2, 0.25) is 0 Å². The van der Waals surface area contributed by atoms with Gasteiger partial charge in [0.15, 0.2) is 0 Å². The molecule has 2 heteroatoms. The van der Waals surface area contributed by atoms with Gasteiger partial charge in [0, 0.05) is 0 Å². The number of aromatic hydroxyl groups is 2. The van der Waals surface area contributed by atoms with E-state index < -0.39 is 0 Å². The first-order chi connectivity index (χ1) is 21.8. The average molecular weight is 599 g/mol. The predicted molar refractivity (Wildman–Crippen MR) is 197 cm³/mol. The van der Waals surface area contributed by atoms with E-state index in [4.69, 9.17) is 0 Å². The number of benzene rings is 8. The largest absolute Gasteiger partial charge is 0.508 e. The summed E-state index contributed by atoms with van der Waals surface area (Å²) in [7, 11) is 0.